The summed E-state index contributed by atoms with van der Waals surface area (Å²) in [5.41, 5.74) is 1.25. The monoisotopic (exact) mass is 247 g/mol. The van der Waals surface area contributed by atoms with E-state index < -0.39 is 10.4 Å². The van der Waals surface area contributed by atoms with Gasteiger partial charge in [0.2, 0.25) is 0 Å². The summed E-state index contributed by atoms with van der Waals surface area (Å²) in [7, 11) is -0.593. The predicted molar refractivity (Wildman–Crippen MR) is 58.4 cm³/mol. The lowest BCUT2D eigenvalue weighted by molar-refractivity contribution is 0.381. The van der Waals surface area contributed by atoms with Crippen molar-refractivity contribution in [2.45, 2.75) is 0 Å². The smallest absolute Gasteiger partial charge is 0.378 e. The average Bonchev–Trinajstić information content (AvgIpc) is 2.20. The van der Waals surface area contributed by atoms with Gasteiger partial charge in [-0.1, -0.05) is 18.2 Å². The Morgan fingerprint density at radius 1 is 1.06 bits per heavy atom. The Balaban J connectivity index is 0. The van der Waals surface area contributed by atoms with Gasteiger partial charge < -0.3 is 4.90 Å². The second kappa shape index (κ2) is 8.60. The molecule has 7 nitrogen and oxygen atoms in total. The van der Waals surface area contributed by atoms with Crippen LogP contribution in [0.15, 0.2) is 30.3 Å². The number of anilines is 1. The van der Waals surface area contributed by atoms with Gasteiger partial charge in [0.1, 0.15) is 0 Å². The molecule has 1 aromatic rings. The Kier molecular flexibility index (Phi) is 9.00. The third-order valence-electron chi connectivity index (χ3n) is 1.27. The summed E-state index contributed by atoms with van der Waals surface area (Å²) >= 11 is 0. The maximum absolute atomic E-state index is 8.74. The first-order chi connectivity index (χ1) is 7.30. The Hall–Kier alpha value is -1.69. The molecule has 0 heterocycles. The topological polar surface area (TPSA) is 125 Å². The van der Waals surface area contributed by atoms with Gasteiger partial charge in [-0.05, 0) is 12.1 Å². The average molecular weight is 247 g/mol. The lowest BCUT2D eigenvalue weighted by atomic mass is 10.3. The van der Waals surface area contributed by atoms with Gasteiger partial charge in [0.25, 0.3) is 0 Å². The lowest BCUT2D eigenvalue weighted by Crippen LogP contribution is -2.07. The van der Waals surface area contributed by atoms with Crippen LogP contribution in [0.5, 0.6) is 0 Å². The van der Waals surface area contributed by atoms with Crippen molar-refractivity contribution in [2.75, 3.05) is 19.0 Å². The molecule has 1 rings (SSSR count). The van der Waals surface area contributed by atoms with Crippen molar-refractivity contribution >= 4 is 16.1 Å². The van der Waals surface area contributed by atoms with Gasteiger partial charge in [0.05, 0.1) is 0 Å². The van der Waals surface area contributed by atoms with Crippen molar-refractivity contribution in [1.29, 1.82) is 10.8 Å². The van der Waals surface area contributed by atoms with Crippen LogP contribution >= 0.6 is 0 Å². The number of benzene rings is 1. The van der Waals surface area contributed by atoms with Gasteiger partial charge in [-0.2, -0.15) is 8.42 Å². The van der Waals surface area contributed by atoms with E-state index in [0.29, 0.717) is 0 Å². The molecule has 0 saturated carbocycles. The van der Waals surface area contributed by atoms with Crippen molar-refractivity contribution in [3.63, 3.8) is 0 Å². The molecule has 0 radical (unpaired) electrons. The van der Waals surface area contributed by atoms with E-state index in [4.69, 9.17) is 28.3 Å². The summed E-state index contributed by atoms with van der Waals surface area (Å²) in [5, 5.41) is 12.0. The van der Waals surface area contributed by atoms with Gasteiger partial charge in [-0.25, -0.2) is 0 Å². The molecular formula is C8H13N3O4S. The summed E-state index contributed by atoms with van der Waals surface area (Å²) in [6.07, 6.45) is 0. The molecule has 0 aliphatic heterocycles. The summed E-state index contributed by atoms with van der Waals surface area (Å²) < 4.78 is 31.6. The molecule has 0 unspecified atom stereocenters. The van der Waals surface area contributed by atoms with E-state index in [1.54, 1.807) is 0 Å². The molecule has 0 atom stereocenters. The number of hydrogen-bond donors (Lipinski definition) is 2. The van der Waals surface area contributed by atoms with E-state index in [2.05, 4.69) is 17.0 Å². The zero-order valence-corrected chi connectivity index (χ0v) is 9.66. The molecule has 90 valence electrons. The summed E-state index contributed by atoms with van der Waals surface area (Å²) in [4.78, 5) is 2.08. The van der Waals surface area contributed by atoms with Gasteiger partial charge in [0, 0.05) is 30.6 Å². The van der Waals surface area contributed by atoms with Crippen molar-refractivity contribution in [1.82, 2.24) is 0 Å². The highest BCUT2D eigenvalue weighted by Crippen LogP contribution is 2.07. The van der Waals surface area contributed by atoms with Crippen molar-refractivity contribution < 1.29 is 17.5 Å². The van der Waals surface area contributed by atoms with E-state index in [9.17, 15) is 0 Å². The van der Waals surface area contributed by atoms with Crippen LogP contribution in [-0.4, -0.2) is 31.6 Å². The van der Waals surface area contributed by atoms with Crippen molar-refractivity contribution in [2.24, 2.45) is 0 Å². The molecule has 1 aromatic carbocycles. The van der Waals surface area contributed by atoms with Crippen LogP contribution in [0.1, 0.15) is 0 Å². The number of nitrogens with zero attached hydrogens (tertiary/aromatic N) is 3. The third-order valence-corrected chi connectivity index (χ3v) is 1.27. The van der Waals surface area contributed by atoms with Crippen LogP contribution in [0.3, 0.4) is 0 Å². The molecule has 0 saturated heterocycles. The highest BCUT2D eigenvalue weighted by Gasteiger charge is 1.87. The minimum Gasteiger partial charge on any atom is -0.378 e. The first-order valence-electron chi connectivity index (χ1n) is 3.93. The van der Waals surface area contributed by atoms with Crippen LogP contribution in [0.4, 0.5) is 5.69 Å². The van der Waals surface area contributed by atoms with Crippen LogP contribution in [0.2, 0.25) is 0 Å². The standard InChI is InChI=1S/C8H11N.N2.H2O4S/c1-9(2)8-6-4-3-5-7-8;1-2;1-5(2,3)4/h3-7H,1-2H3;;(H2,1,2,3,4). The number of rotatable bonds is 1. The molecule has 0 aliphatic rings. The van der Waals surface area contributed by atoms with Crippen molar-refractivity contribution in [3.05, 3.63) is 30.3 Å². The molecule has 0 amide bonds. The van der Waals surface area contributed by atoms with Gasteiger partial charge in [-0.3, -0.25) is 9.11 Å². The summed E-state index contributed by atoms with van der Waals surface area (Å²) in [6.45, 7) is 0. The van der Waals surface area contributed by atoms with Crippen LogP contribution < -0.4 is 4.90 Å². The Labute approximate surface area is 94.3 Å². The molecule has 0 aromatic heterocycles. The fourth-order valence-electron chi connectivity index (χ4n) is 0.726. The van der Waals surface area contributed by atoms with Crippen molar-refractivity contribution in [3.8, 4) is 0 Å². The maximum Gasteiger partial charge on any atom is 0.394 e. The van der Waals surface area contributed by atoms with Gasteiger partial charge in [-0.15, -0.1) is 0 Å². The first kappa shape index (κ1) is 16.7. The number of para-hydroxylation sites is 1. The lowest BCUT2D eigenvalue weighted by Gasteiger charge is -2.10. The number of hydrogen-bond acceptors (Lipinski definition) is 5. The Bertz CT molecular complexity index is 380. The second-order valence-corrected chi connectivity index (χ2v) is 3.57. The normalized spacial score (nSPS) is 8.88. The molecule has 8 heteroatoms. The molecular weight excluding hydrogens is 234 g/mol. The molecule has 2 N–H and O–H groups in total. The van der Waals surface area contributed by atoms with E-state index in [0.717, 1.165) is 0 Å². The quantitative estimate of drug-likeness (QED) is 0.562. The molecule has 0 bridgehead atoms. The zero-order chi connectivity index (χ0) is 13.2. The molecule has 0 fully saturated rings. The first-order valence-corrected chi connectivity index (χ1v) is 5.32. The molecule has 16 heavy (non-hydrogen) atoms. The van der Waals surface area contributed by atoms with E-state index in [1.807, 2.05) is 32.3 Å². The second-order valence-electron chi connectivity index (χ2n) is 2.68. The Morgan fingerprint density at radius 3 is 1.56 bits per heavy atom. The van der Waals surface area contributed by atoms with E-state index in [1.165, 1.54) is 5.69 Å². The largest absolute Gasteiger partial charge is 0.394 e. The molecule has 0 aliphatic carbocycles. The predicted octanol–water partition coefficient (Wildman–Crippen LogP) is 1.13. The highest BCUT2D eigenvalue weighted by atomic mass is 32.3. The molecule has 0 spiro atoms. The van der Waals surface area contributed by atoms with Gasteiger partial charge in [0.15, 0.2) is 0 Å². The van der Waals surface area contributed by atoms with Crippen LogP contribution in [0, 0.1) is 10.8 Å². The summed E-state index contributed by atoms with van der Waals surface area (Å²) in [5.74, 6) is 0. The van der Waals surface area contributed by atoms with Crippen LogP contribution in [0.25, 0.3) is 0 Å². The maximum atomic E-state index is 8.74. The minimum atomic E-state index is -4.67. The third kappa shape index (κ3) is 14.8. The van der Waals surface area contributed by atoms with Crippen LogP contribution in [-0.2, 0) is 10.4 Å². The van der Waals surface area contributed by atoms with E-state index >= 15 is 0 Å². The van der Waals surface area contributed by atoms with E-state index in [-0.39, 0.29) is 0 Å². The SMILES string of the molecule is CN(C)c1ccccc1.N#N.O=S(=O)(O)O. The zero-order valence-electron chi connectivity index (χ0n) is 8.85. The fourth-order valence-corrected chi connectivity index (χ4v) is 0.726. The minimum absolute atomic E-state index is 1.25. The highest BCUT2D eigenvalue weighted by molar-refractivity contribution is 7.79. The fraction of sp³-hybridized carbons (Fsp3) is 0.250. The van der Waals surface area contributed by atoms with Gasteiger partial charge >= 0.3 is 10.4 Å². The Morgan fingerprint density at radius 2 is 1.38 bits per heavy atom. The summed E-state index contributed by atoms with van der Waals surface area (Å²) in [6, 6.07) is 10.3.